The number of benzene rings is 1. The van der Waals surface area contributed by atoms with Crippen molar-refractivity contribution in [3.8, 4) is 0 Å². The Bertz CT molecular complexity index is 594. The zero-order valence-electron chi connectivity index (χ0n) is 8.93. The van der Waals surface area contributed by atoms with Gasteiger partial charge in [-0.2, -0.15) is 0 Å². The summed E-state index contributed by atoms with van der Waals surface area (Å²) in [6, 6.07) is 6.12. The van der Waals surface area contributed by atoms with Gasteiger partial charge in [0.2, 0.25) is 0 Å². The lowest BCUT2D eigenvalue weighted by molar-refractivity contribution is 0.0687. The van der Waals surface area contributed by atoms with Crippen LogP contribution < -0.4 is 0 Å². The Morgan fingerprint density at radius 1 is 1.39 bits per heavy atom. The third-order valence-corrected chi connectivity index (χ3v) is 3.35. The number of carboxylic acids is 1. The number of aliphatic hydroxyl groups excluding tert-OH is 1. The molecule has 0 aliphatic heterocycles. The molecule has 1 aromatic heterocycles. The van der Waals surface area contributed by atoms with E-state index in [1.807, 2.05) is 0 Å². The van der Waals surface area contributed by atoms with E-state index < -0.39 is 12.1 Å². The topological polar surface area (TPSA) is 70.7 Å². The van der Waals surface area contributed by atoms with Crippen LogP contribution in [0.1, 0.15) is 27.8 Å². The Morgan fingerprint density at radius 3 is 2.72 bits per heavy atom. The Hall–Kier alpha value is -1.30. The van der Waals surface area contributed by atoms with E-state index >= 15 is 0 Å². The van der Waals surface area contributed by atoms with Crippen molar-refractivity contribution in [2.45, 2.75) is 6.10 Å². The maximum Gasteiger partial charge on any atom is 0.339 e. The standard InChI is InChI=1S/C12H8BrClO4/c13-9-5-6(14)1-2-7(9)10(15)11-8(12(16)17)3-4-18-11/h1-5,10,15H,(H,16,17). The van der Waals surface area contributed by atoms with Gasteiger partial charge >= 0.3 is 5.97 Å². The Morgan fingerprint density at radius 2 is 2.11 bits per heavy atom. The monoisotopic (exact) mass is 330 g/mol. The molecule has 0 radical (unpaired) electrons. The number of aliphatic hydroxyl groups is 1. The van der Waals surface area contributed by atoms with Gasteiger partial charge in [0.1, 0.15) is 11.7 Å². The summed E-state index contributed by atoms with van der Waals surface area (Å²) in [5, 5.41) is 19.6. The molecule has 18 heavy (non-hydrogen) atoms. The number of furan rings is 1. The van der Waals surface area contributed by atoms with Crippen LogP contribution in [-0.4, -0.2) is 16.2 Å². The van der Waals surface area contributed by atoms with Gasteiger partial charge in [0.25, 0.3) is 0 Å². The van der Waals surface area contributed by atoms with Crippen molar-refractivity contribution in [2.24, 2.45) is 0 Å². The minimum Gasteiger partial charge on any atom is -0.478 e. The van der Waals surface area contributed by atoms with Crippen molar-refractivity contribution in [1.82, 2.24) is 0 Å². The van der Waals surface area contributed by atoms with Gasteiger partial charge in [0.15, 0.2) is 5.76 Å². The highest BCUT2D eigenvalue weighted by Gasteiger charge is 2.23. The maximum atomic E-state index is 11.0. The van der Waals surface area contributed by atoms with Gasteiger partial charge in [-0.3, -0.25) is 0 Å². The molecule has 4 nitrogen and oxygen atoms in total. The molecule has 0 saturated heterocycles. The van der Waals surface area contributed by atoms with Gasteiger partial charge in [-0.1, -0.05) is 33.6 Å². The zero-order valence-corrected chi connectivity index (χ0v) is 11.3. The van der Waals surface area contributed by atoms with Crippen LogP contribution in [-0.2, 0) is 0 Å². The largest absolute Gasteiger partial charge is 0.478 e. The molecular formula is C12H8BrClO4. The Labute approximate surface area is 116 Å². The molecule has 1 heterocycles. The molecule has 2 N–H and O–H groups in total. The van der Waals surface area contributed by atoms with E-state index in [1.54, 1.807) is 18.2 Å². The lowest BCUT2D eigenvalue weighted by Crippen LogP contribution is -2.06. The third-order valence-electron chi connectivity index (χ3n) is 2.43. The van der Waals surface area contributed by atoms with E-state index in [9.17, 15) is 9.90 Å². The molecule has 1 atom stereocenters. The first-order chi connectivity index (χ1) is 8.50. The van der Waals surface area contributed by atoms with Crippen molar-refractivity contribution in [3.05, 3.63) is 56.9 Å². The van der Waals surface area contributed by atoms with Gasteiger partial charge in [0, 0.05) is 15.1 Å². The first-order valence-electron chi connectivity index (χ1n) is 4.94. The van der Waals surface area contributed by atoms with Gasteiger partial charge in [-0.25, -0.2) is 4.79 Å². The van der Waals surface area contributed by atoms with Gasteiger partial charge < -0.3 is 14.6 Å². The van der Waals surface area contributed by atoms with Crippen LogP contribution >= 0.6 is 27.5 Å². The number of hydrogen-bond donors (Lipinski definition) is 2. The average molecular weight is 332 g/mol. The van der Waals surface area contributed by atoms with E-state index in [2.05, 4.69) is 15.9 Å². The molecule has 6 heteroatoms. The molecule has 94 valence electrons. The summed E-state index contributed by atoms with van der Waals surface area (Å²) in [7, 11) is 0. The van der Waals surface area contributed by atoms with Crippen molar-refractivity contribution in [2.75, 3.05) is 0 Å². The quantitative estimate of drug-likeness (QED) is 0.903. The second-order valence-corrected chi connectivity index (χ2v) is 4.86. The van der Waals surface area contributed by atoms with Gasteiger partial charge in [-0.15, -0.1) is 0 Å². The van der Waals surface area contributed by atoms with Crippen molar-refractivity contribution in [3.63, 3.8) is 0 Å². The van der Waals surface area contributed by atoms with Crippen molar-refractivity contribution >= 4 is 33.5 Å². The van der Waals surface area contributed by atoms with Gasteiger partial charge in [-0.05, 0) is 18.2 Å². The van der Waals surface area contributed by atoms with Gasteiger partial charge in [0.05, 0.1) is 6.26 Å². The predicted molar refractivity (Wildman–Crippen MR) is 68.9 cm³/mol. The molecule has 0 aliphatic carbocycles. The summed E-state index contributed by atoms with van der Waals surface area (Å²) < 4.78 is 5.62. The van der Waals surface area contributed by atoms with Crippen molar-refractivity contribution in [1.29, 1.82) is 0 Å². The van der Waals surface area contributed by atoms with Crippen LogP contribution in [0.25, 0.3) is 0 Å². The third kappa shape index (κ3) is 2.43. The van der Waals surface area contributed by atoms with Crippen LogP contribution in [0, 0.1) is 0 Å². The molecule has 0 saturated carbocycles. The number of halogens is 2. The second kappa shape index (κ2) is 5.14. The molecule has 0 bridgehead atoms. The molecule has 0 fully saturated rings. The van der Waals surface area contributed by atoms with E-state index in [0.717, 1.165) is 0 Å². The highest BCUT2D eigenvalue weighted by Crippen LogP contribution is 2.32. The van der Waals surface area contributed by atoms with E-state index in [-0.39, 0.29) is 11.3 Å². The predicted octanol–water partition coefficient (Wildman–Crippen LogP) is 3.48. The molecule has 2 aromatic rings. The normalized spacial score (nSPS) is 12.4. The van der Waals surface area contributed by atoms with Crippen LogP contribution in [0.2, 0.25) is 5.02 Å². The van der Waals surface area contributed by atoms with Crippen LogP contribution in [0.3, 0.4) is 0 Å². The summed E-state index contributed by atoms with van der Waals surface area (Å²) in [6.07, 6.45) is 0.0592. The highest BCUT2D eigenvalue weighted by molar-refractivity contribution is 9.10. The number of carbonyl (C=O) groups is 1. The van der Waals surface area contributed by atoms with Crippen LogP contribution in [0.4, 0.5) is 0 Å². The Kier molecular flexibility index (Phi) is 3.75. The fourth-order valence-corrected chi connectivity index (χ4v) is 2.47. The molecule has 1 unspecified atom stereocenters. The minimum absolute atomic E-state index is 0.00878. The zero-order chi connectivity index (χ0) is 13.3. The molecular weight excluding hydrogens is 323 g/mol. The highest BCUT2D eigenvalue weighted by atomic mass is 79.9. The van der Waals surface area contributed by atoms with Crippen LogP contribution in [0.15, 0.2) is 39.4 Å². The SMILES string of the molecule is O=C(O)c1ccoc1C(O)c1ccc(Cl)cc1Br. The number of hydrogen-bond acceptors (Lipinski definition) is 3. The summed E-state index contributed by atoms with van der Waals surface area (Å²) >= 11 is 9.06. The first-order valence-corrected chi connectivity index (χ1v) is 6.11. The maximum absolute atomic E-state index is 11.0. The molecule has 2 rings (SSSR count). The van der Waals surface area contributed by atoms with Crippen LogP contribution in [0.5, 0.6) is 0 Å². The van der Waals surface area contributed by atoms with Crippen molar-refractivity contribution < 1.29 is 19.4 Å². The number of rotatable bonds is 3. The first kappa shape index (κ1) is 13.1. The fraction of sp³-hybridized carbons (Fsp3) is 0.0833. The van der Waals surface area contributed by atoms with E-state index in [0.29, 0.717) is 15.1 Å². The number of carboxylic acid groups (broad SMARTS) is 1. The lowest BCUT2D eigenvalue weighted by atomic mass is 10.0. The Balaban J connectivity index is 2.44. The fourth-order valence-electron chi connectivity index (χ4n) is 1.57. The lowest BCUT2D eigenvalue weighted by Gasteiger charge is -2.11. The molecule has 0 spiro atoms. The minimum atomic E-state index is -1.17. The second-order valence-electron chi connectivity index (χ2n) is 3.57. The number of aromatic carboxylic acids is 1. The molecule has 1 aromatic carbocycles. The summed E-state index contributed by atoms with van der Waals surface area (Å²) in [4.78, 5) is 11.0. The molecule has 0 amide bonds. The molecule has 0 aliphatic rings. The van der Waals surface area contributed by atoms with E-state index in [1.165, 1.54) is 12.3 Å². The van der Waals surface area contributed by atoms with E-state index in [4.69, 9.17) is 21.1 Å². The smallest absolute Gasteiger partial charge is 0.339 e. The summed E-state index contributed by atoms with van der Waals surface area (Å²) in [6.45, 7) is 0. The summed E-state index contributed by atoms with van der Waals surface area (Å²) in [5.74, 6) is -1.16. The summed E-state index contributed by atoms with van der Waals surface area (Å²) in [5.41, 5.74) is 0.418. The average Bonchev–Trinajstić information content (AvgIpc) is 2.77.